The Morgan fingerprint density at radius 1 is 1.45 bits per heavy atom. The monoisotopic (exact) mass is 347 g/mol. The van der Waals surface area contributed by atoms with Crippen LogP contribution in [0.2, 0.25) is 5.02 Å². The van der Waals surface area contributed by atoms with E-state index in [0.29, 0.717) is 22.9 Å². The molecule has 0 saturated carbocycles. The number of carbonyl (C=O) groups excluding carboxylic acids is 1. The fraction of sp³-hybridized carbons (Fsp3) is 0.200. The molecule has 1 atom stereocenters. The van der Waals surface area contributed by atoms with Crippen molar-refractivity contribution in [2.75, 3.05) is 0 Å². The molecular formula is C15H10ClN3OS2. The predicted octanol–water partition coefficient (Wildman–Crippen LogP) is 4.22. The molecule has 0 unspecified atom stereocenters. The standard InChI is InChI=1S/C15H10ClN3OS2/c16-9-1-4-14-12(5-9)19-15(22-14)11(6-17)13(20)3-2-10-7-21-8-18-10/h1,4-5,7-8,11H,2-3H2/t11-/m0/s1. The molecule has 0 amide bonds. The first kappa shape index (κ1) is 15.1. The lowest BCUT2D eigenvalue weighted by atomic mass is 10.0. The number of Topliss-reactive ketones (excluding diaryl/α,β-unsaturated/α-hetero) is 1. The molecule has 0 fully saturated rings. The summed E-state index contributed by atoms with van der Waals surface area (Å²) < 4.78 is 0.923. The number of aryl methyl sites for hydroxylation is 1. The number of carbonyl (C=O) groups is 1. The van der Waals surface area contributed by atoms with Crippen molar-refractivity contribution >= 4 is 50.3 Å². The van der Waals surface area contributed by atoms with E-state index in [4.69, 9.17) is 11.6 Å². The topological polar surface area (TPSA) is 66.6 Å². The maximum absolute atomic E-state index is 12.3. The largest absolute Gasteiger partial charge is 0.298 e. The number of hydrogen-bond donors (Lipinski definition) is 0. The molecule has 0 radical (unpaired) electrons. The van der Waals surface area contributed by atoms with Crippen LogP contribution in [0.15, 0.2) is 29.1 Å². The summed E-state index contributed by atoms with van der Waals surface area (Å²) >= 11 is 8.80. The van der Waals surface area contributed by atoms with Gasteiger partial charge < -0.3 is 0 Å². The van der Waals surface area contributed by atoms with Gasteiger partial charge in [0.2, 0.25) is 0 Å². The number of hydrogen-bond acceptors (Lipinski definition) is 6. The van der Waals surface area contributed by atoms with Crippen molar-refractivity contribution in [1.82, 2.24) is 9.97 Å². The van der Waals surface area contributed by atoms with Crippen LogP contribution in [-0.2, 0) is 11.2 Å². The van der Waals surface area contributed by atoms with E-state index in [2.05, 4.69) is 16.0 Å². The van der Waals surface area contributed by atoms with Crippen LogP contribution >= 0.6 is 34.3 Å². The maximum Gasteiger partial charge on any atom is 0.157 e. The number of fused-ring (bicyclic) bond motifs is 1. The molecule has 0 N–H and O–H groups in total. The first-order valence-electron chi connectivity index (χ1n) is 6.53. The SMILES string of the molecule is N#C[C@@H](C(=O)CCc1cscn1)c1nc2cc(Cl)ccc2s1. The van der Waals surface area contributed by atoms with Crippen molar-refractivity contribution in [3.8, 4) is 6.07 Å². The first-order chi connectivity index (χ1) is 10.7. The normalized spacial score (nSPS) is 12.2. The van der Waals surface area contributed by atoms with Crippen LogP contribution < -0.4 is 0 Å². The van der Waals surface area contributed by atoms with Crippen LogP contribution in [-0.4, -0.2) is 15.8 Å². The van der Waals surface area contributed by atoms with Crippen molar-refractivity contribution < 1.29 is 4.79 Å². The molecule has 1 aromatic carbocycles. The minimum absolute atomic E-state index is 0.124. The van der Waals surface area contributed by atoms with E-state index in [1.165, 1.54) is 22.7 Å². The quantitative estimate of drug-likeness (QED) is 0.693. The minimum atomic E-state index is -0.824. The van der Waals surface area contributed by atoms with Crippen LogP contribution in [0, 0.1) is 11.3 Å². The molecule has 0 aliphatic rings. The van der Waals surface area contributed by atoms with Gasteiger partial charge in [-0.25, -0.2) is 9.97 Å². The predicted molar refractivity (Wildman–Crippen MR) is 88.4 cm³/mol. The number of thiazole rings is 2. The molecule has 7 heteroatoms. The van der Waals surface area contributed by atoms with Crippen LogP contribution in [0.3, 0.4) is 0 Å². The van der Waals surface area contributed by atoms with Gasteiger partial charge in [0.15, 0.2) is 11.7 Å². The Balaban J connectivity index is 1.79. The highest BCUT2D eigenvalue weighted by Gasteiger charge is 2.23. The van der Waals surface area contributed by atoms with E-state index < -0.39 is 5.92 Å². The Morgan fingerprint density at radius 2 is 2.32 bits per heavy atom. The summed E-state index contributed by atoms with van der Waals surface area (Å²) in [5, 5.41) is 12.4. The highest BCUT2D eigenvalue weighted by atomic mass is 35.5. The van der Waals surface area contributed by atoms with Gasteiger partial charge in [-0.1, -0.05) is 11.6 Å². The van der Waals surface area contributed by atoms with E-state index in [1.54, 1.807) is 17.6 Å². The lowest BCUT2D eigenvalue weighted by molar-refractivity contribution is -0.119. The van der Waals surface area contributed by atoms with E-state index in [9.17, 15) is 10.1 Å². The fourth-order valence-corrected chi connectivity index (χ4v) is 3.84. The van der Waals surface area contributed by atoms with E-state index in [0.717, 1.165) is 15.9 Å². The summed E-state index contributed by atoms with van der Waals surface area (Å²) in [6.45, 7) is 0. The van der Waals surface area contributed by atoms with Gasteiger partial charge in [0.25, 0.3) is 0 Å². The summed E-state index contributed by atoms with van der Waals surface area (Å²) in [5.41, 5.74) is 3.34. The molecule has 0 aliphatic heterocycles. The molecule has 0 bridgehead atoms. The van der Waals surface area contributed by atoms with Gasteiger partial charge in [-0.05, 0) is 24.6 Å². The van der Waals surface area contributed by atoms with Crippen molar-refractivity contribution in [1.29, 1.82) is 5.26 Å². The van der Waals surface area contributed by atoms with E-state index in [1.807, 2.05) is 11.4 Å². The molecule has 0 saturated heterocycles. The number of ketones is 1. The Morgan fingerprint density at radius 3 is 3.05 bits per heavy atom. The van der Waals surface area contributed by atoms with Crippen LogP contribution in [0.4, 0.5) is 0 Å². The molecule has 3 aromatic rings. The third kappa shape index (κ3) is 3.17. The van der Waals surface area contributed by atoms with Gasteiger partial charge in [-0.2, -0.15) is 5.26 Å². The van der Waals surface area contributed by atoms with Crippen molar-refractivity contribution in [2.45, 2.75) is 18.8 Å². The summed E-state index contributed by atoms with van der Waals surface area (Å²) in [7, 11) is 0. The average Bonchev–Trinajstić information content (AvgIpc) is 3.14. The first-order valence-corrected chi connectivity index (χ1v) is 8.66. The smallest absolute Gasteiger partial charge is 0.157 e. The van der Waals surface area contributed by atoms with Gasteiger partial charge in [-0.3, -0.25) is 4.79 Å². The highest BCUT2D eigenvalue weighted by molar-refractivity contribution is 7.18. The molecule has 110 valence electrons. The summed E-state index contributed by atoms with van der Waals surface area (Å²) in [5.74, 6) is -0.949. The van der Waals surface area contributed by atoms with Crippen LogP contribution in [0.1, 0.15) is 23.0 Å². The lowest BCUT2D eigenvalue weighted by Gasteiger charge is -2.03. The van der Waals surface area contributed by atoms with Crippen molar-refractivity contribution in [2.24, 2.45) is 0 Å². The number of halogens is 1. The number of benzene rings is 1. The van der Waals surface area contributed by atoms with Crippen LogP contribution in [0.5, 0.6) is 0 Å². The number of nitrogens with zero attached hydrogens (tertiary/aromatic N) is 3. The molecule has 2 aromatic heterocycles. The summed E-state index contributed by atoms with van der Waals surface area (Å²) in [4.78, 5) is 20.8. The maximum atomic E-state index is 12.3. The highest BCUT2D eigenvalue weighted by Crippen LogP contribution is 2.30. The number of rotatable bonds is 5. The van der Waals surface area contributed by atoms with Gasteiger partial charge in [-0.15, -0.1) is 22.7 Å². The molecule has 3 rings (SSSR count). The molecule has 0 spiro atoms. The molecular weight excluding hydrogens is 338 g/mol. The second-order valence-corrected chi connectivity index (χ2v) is 6.89. The Bertz CT molecular complexity index is 851. The van der Waals surface area contributed by atoms with E-state index in [-0.39, 0.29) is 5.78 Å². The number of nitriles is 1. The summed E-state index contributed by atoms with van der Waals surface area (Å²) in [6, 6.07) is 7.44. The van der Waals surface area contributed by atoms with Gasteiger partial charge in [0, 0.05) is 16.8 Å². The van der Waals surface area contributed by atoms with Crippen molar-refractivity contribution in [3.63, 3.8) is 0 Å². The Labute approximate surface area is 140 Å². The third-order valence-electron chi connectivity index (χ3n) is 3.18. The summed E-state index contributed by atoms with van der Waals surface area (Å²) in [6.07, 6.45) is 0.843. The van der Waals surface area contributed by atoms with Crippen molar-refractivity contribution in [3.05, 3.63) is 44.8 Å². The second kappa shape index (κ2) is 6.53. The van der Waals surface area contributed by atoms with Crippen LogP contribution in [0.25, 0.3) is 10.2 Å². The Kier molecular flexibility index (Phi) is 4.48. The minimum Gasteiger partial charge on any atom is -0.298 e. The van der Waals surface area contributed by atoms with Gasteiger partial charge in [0.1, 0.15) is 5.01 Å². The van der Waals surface area contributed by atoms with Gasteiger partial charge in [0.05, 0.1) is 27.5 Å². The molecule has 2 heterocycles. The van der Waals surface area contributed by atoms with Gasteiger partial charge >= 0.3 is 0 Å². The third-order valence-corrected chi connectivity index (χ3v) is 5.15. The average molecular weight is 348 g/mol. The molecule has 4 nitrogen and oxygen atoms in total. The molecule has 22 heavy (non-hydrogen) atoms. The zero-order valence-corrected chi connectivity index (χ0v) is 13.7. The fourth-order valence-electron chi connectivity index (χ4n) is 2.06. The van der Waals surface area contributed by atoms with E-state index >= 15 is 0 Å². The lowest BCUT2D eigenvalue weighted by Crippen LogP contribution is -2.11. The molecule has 0 aliphatic carbocycles. The zero-order chi connectivity index (χ0) is 15.5. The Hall–Kier alpha value is -1.81. The zero-order valence-electron chi connectivity index (χ0n) is 11.3. The second-order valence-electron chi connectivity index (χ2n) is 4.67. The number of aromatic nitrogens is 2.